The van der Waals surface area contributed by atoms with Crippen LogP contribution in [-0.4, -0.2) is 47.0 Å². The van der Waals surface area contributed by atoms with Gasteiger partial charge in [-0.1, -0.05) is 25.1 Å². The Balaban J connectivity index is 1.91. The molecule has 4 aromatic rings. The second-order valence-electron chi connectivity index (χ2n) is 7.57. The minimum absolute atomic E-state index is 0.0201. The lowest BCUT2D eigenvalue weighted by atomic mass is 10.2. The van der Waals surface area contributed by atoms with Crippen LogP contribution in [0.5, 0.6) is 11.5 Å². The van der Waals surface area contributed by atoms with E-state index < -0.39 is 0 Å². The summed E-state index contributed by atoms with van der Waals surface area (Å²) < 4.78 is 12.3. The Morgan fingerprint density at radius 1 is 1.15 bits per heavy atom. The summed E-state index contributed by atoms with van der Waals surface area (Å²) in [6, 6.07) is 12.9. The molecule has 0 spiro atoms. The third kappa shape index (κ3) is 4.05. The number of nitrogens with zero attached hydrogens (tertiary/aromatic N) is 4. The first-order chi connectivity index (χ1) is 16.0. The molecule has 33 heavy (non-hydrogen) atoms. The van der Waals surface area contributed by atoms with Crippen LogP contribution in [0.25, 0.3) is 22.2 Å². The van der Waals surface area contributed by atoms with Crippen molar-refractivity contribution in [2.45, 2.75) is 26.3 Å². The molecule has 9 nitrogen and oxygen atoms in total. The summed E-state index contributed by atoms with van der Waals surface area (Å²) in [5, 5.41) is 7.50. The number of ether oxygens (including phenoxy) is 2. The van der Waals surface area contributed by atoms with Crippen LogP contribution in [0.1, 0.15) is 36.2 Å². The van der Waals surface area contributed by atoms with Crippen molar-refractivity contribution in [3.05, 3.63) is 53.6 Å². The Morgan fingerprint density at radius 2 is 1.88 bits per heavy atom. The van der Waals surface area contributed by atoms with Gasteiger partial charge in [-0.05, 0) is 37.6 Å². The molecule has 0 radical (unpaired) electrons. The Hall–Kier alpha value is -4.14. The average Bonchev–Trinajstić information content (AvgIpc) is 3.10. The number of aromatic nitrogens is 3. The summed E-state index contributed by atoms with van der Waals surface area (Å²) in [7, 11) is 3.13. The van der Waals surface area contributed by atoms with Crippen LogP contribution in [0.3, 0.4) is 0 Å². The van der Waals surface area contributed by atoms with Gasteiger partial charge in [0.15, 0.2) is 17.1 Å². The first-order valence-corrected chi connectivity index (χ1v) is 10.6. The van der Waals surface area contributed by atoms with Gasteiger partial charge in [-0.2, -0.15) is 9.78 Å². The summed E-state index contributed by atoms with van der Waals surface area (Å²) in [6.07, 6.45) is 2.37. The highest BCUT2D eigenvalue weighted by molar-refractivity contribution is 6.10. The van der Waals surface area contributed by atoms with Gasteiger partial charge in [-0.25, -0.2) is 9.97 Å². The number of anilines is 1. The zero-order valence-corrected chi connectivity index (χ0v) is 19.0. The average molecular weight is 447 g/mol. The van der Waals surface area contributed by atoms with Crippen LogP contribution >= 0.6 is 0 Å². The highest BCUT2D eigenvalue weighted by atomic mass is 16.5. The number of hydrogen-bond acceptors (Lipinski definition) is 7. The molecule has 1 unspecified atom stereocenters. The molecule has 0 aliphatic heterocycles. The standard InChI is InChI=1S/C24H26N6O3/c1-5-14(2)27-24(31)19-20-23(29-17-11-7-6-10-16(17)28-20)30(22(19)25)26-13-15-9-8-12-18(32-3)21(15)33-4/h6-14H,5,25H2,1-4H3,(H,27,31). The van der Waals surface area contributed by atoms with Crippen molar-refractivity contribution in [1.29, 1.82) is 0 Å². The second kappa shape index (κ2) is 9.15. The second-order valence-corrected chi connectivity index (χ2v) is 7.57. The predicted molar refractivity (Wildman–Crippen MR) is 129 cm³/mol. The van der Waals surface area contributed by atoms with E-state index >= 15 is 0 Å². The molecule has 1 atom stereocenters. The fourth-order valence-electron chi connectivity index (χ4n) is 3.52. The quantitative estimate of drug-likeness (QED) is 0.419. The summed E-state index contributed by atoms with van der Waals surface area (Å²) >= 11 is 0. The number of carbonyl (C=O) groups excluding carboxylic acids is 1. The summed E-state index contributed by atoms with van der Waals surface area (Å²) in [5.41, 5.74) is 9.48. The van der Waals surface area contributed by atoms with E-state index in [1.165, 1.54) is 4.68 Å². The molecule has 2 aromatic heterocycles. The van der Waals surface area contributed by atoms with Gasteiger partial charge < -0.3 is 20.5 Å². The first kappa shape index (κ1) is 22.1. The summed E-state index contributed by atoms with van der Waals surface area (Å²) in [6.45, 7) is 3.93. The molecule has 0 fully saturated rings. The van der Waals surface area contributed by atoms with E-state index in [1.807, 2.05) is 50.2 Å². The first-order valence-electron chi connectivity index (χ1n) is 10.6. The highest BCUT2D eigenvalue weighted by Crippen LogP contribution is 2.31. The number of carbonyl (C=O) groups is 1. The Morgan fingerprint density at radius 3 is 2.55 bits per heavy atom. The van der Waals surface area contributed by atoms with Crippen molar-refractivity contribution in [3.63, 3.8) is 0 Å². The van der Waals surface area contributed by atoms with E-state index in [0.29, 0.717) is 39.3 Å². The lowest BCUT2D eigenvalue weighted by Crippen LogP contribution is -2.32. The maximum Gasteiger partial charge on any atom is 0.257 e. The van der Waals surface area contributed by atoms with E-state index in [9.17, 15) is 4.79 Å². The highest BCUT2D eigenvalue weighted by Gasteiger charge is 2.24. The molecule has 0 saturated heterocycles. The Kier molecular flexibility index (Phi) is 6.12. The van der Waals surface area contributed by atoms with Crippen molar-refractivity contribution >= 4 is 40.1 Å². The lowest BCUT2D eigenvalue weighted by molar-refractivity contribution is 0.0941. The number of nitrogens with two attached hydrogens (primary N) is 1. The molecule has 9 heteroatoms. The topological polar surface area (TPSA) is 117 Å². The SMILES string of the molecule is CCC(C)NC(=O)c1c(N)n(N=Cc2cccc(OC)c2OC)c2nc3ccccc3nc12. The van der Waals surface area contributed by atoms with Gasteiger partial charge >= 0.3 is 0 Å². The van der Waals surface area contributed by atoms with Crippen molar-refractivity contribution in [2.75, 3.05) is 20.0 Å². The van der Waals surface area contributed by atoms with Crippen LogP contribution in [0.15, 0.2) is 47.6 Å². The third-order valence-electron chi connectivity index (χ3n) is 5.44. The number of nitrogen functional groups attached to an aromatic ring is 1. The minimum Gasteiger partial charge on any atom is -0.493 e. The molecular weight excluding hydrogens is 420 g/mol. The maximum absolute atomic E-state index is 13.1. The van der Waals surface area contributed by atoms with Gasteiger partial charge in [0.25, 0.3) is 5.91 Å². The summed E-state index contributed by atoms with van der Waals surface area (Å²) in [4.78, 5) is 22.5. The number of para-hydroxylation sites is 3. The zero-order chi connectivity index (χ0) is 23.5. The maximum atomic E-state index is 13.1. The Bertz CT molecular complexity index is 1360. The van der Waals surface area contributed by atoms with E-state index in [2.05, 4.69) is 15.4 Å². The van der Waals surface area contributed by atoms with Crippen LogP contribution < -0.4 is 20.5 Å². The van der Waals surface area contributed by atoms with Crippen LogP contribution in [0.4, 0.5) is 5.82 Å². The fraction of sp³-hybridized carbons (Fsp3) is 0.250. The number of hydrogen-bond donors (Lipinski definition) is 2. The number of rotatable bonds is 7. The molecule has 0 aliphatic rings. The van der Waals surface area contributed by atoms with Crippen molar-refractivity contribution in [3.8, 4) is 11.5 Å². The smallest absolute Gasteiger partial charge is 0.257 e. The van der Waals surface area contributed by atoms with Crippen molar-refractivity contribution < 1.29 is 14.3 Å². The molecule has 170 valence electrons. The minimum atomic E-state index is -0.315. The zero-order valence-electron chi connectivity index (χ0n) is 19.0. The monoisotopic (exact) mass is 446 g/mol. The number of fused-ring (bicyclic) bond motifs is 2. The van der Waals surface area contributed by atoms with E-state index in [4.69, 9.17) is 20.2 Å². The van der Waals surface area contributed by atoms with Gasteiger partial charge in [-0.3, -0.25) is 4.79 Å². The van der Waals surface area contributed by atoms with Gasteiger partial charge in [0.05, 0.1) is 31.5 Å². The van der Waals surface area contributed by atoms with Crippen molar-refractivity contribution in [2.24, 2.45) is 5.10 Å². The largest absolute Gasteiger partial charge is 0.493 e. The normalized spacial score (nSPS) is 12.4. The number of benzene rings is 2. The molecule has 2 heterocycles. The van der Waals surface area contributed by atoms with E-state index in [0.717, 1.165) is 6.42 Å². The lowest BCUT2D eigenvalue weighted by Gasteiger charge is -2.11. The Labute approximate surface area is 191 Å². The molecule has 3 N–H and O–H groups in total. The van der Waals surface area contributed by atoms with Crippen LogP contribution in [0.2, 0.25) is 0 Å². The molecule has 1 amide bonds. The fourth-order valence-corrected chi connectivity index (χ4v) is 3.52. The van der Waals surface area contributed by atoms with E-state index in [1.54, 1.807) is 26.5 Å². The third-order valence-corrected chi connectivity index (χ3v) is 5.44. The van der Waals surface area contributed by atoms with E-state index in [-0.39, 0.29) is 23.3 Å². The number of amides is 1. The van der Waals surface area contributed by atoms with Crippen molar-refractivity contribution in [1.82, 2.24) is 20.0 Å². The van der Waals surface area contributed by atoms with Gasteiger partial charge in [0, 0.05) is 11.6 Å². The number of nitrogens with one attached hydrogen (secondary N) is 1. The van der Waals surface area contributed by atoms with Gasteiger partial charge in [0.1, 0.15) is 16.9 Å². The molecule has 2 aromatic carbocycles. The molecular formula is C24H26N6O3. The van der Waals surface area contributed by atoms with Gasteiger partial charge in [0.2, 0.25) is 0 Å². The van der Waals surface area contributed by atoms with Gasteiger partial charge in [-0.15, -0.1) is 0 Å². The molecule has 0 saturated carbocycles. The molecule has 4 rings (SSSR count). The summed E-state index contributed by atoms with van der Waals surface area (Å²) in [5.74, 6) is 0.944. The number of methoxy groups -OCH3 is 2. The van der Waals surface area contributed by atoms with Crippen LogP contribution in [0, 0.1) is 0 Å². The molecule has 0 aliphatic carbocycles. The molecule has 0 bridgehead atoms. The van der Waals surface area contributed by atoms with Crippen LogP contribution in [-0.2, 0) is 0 Å². The predicted octanol–water partition coefficient (Wildman–Crippen LogP) is 3.59.